The molecule has 0 spiro atoms. The minimum absolute atomic E-state index is 0. The molecule has 0 bridgehead atoms. The maximum absolute atomic E-state index is 13.3. The summed E-state index contributed by atoms with van der Waals surface area (Å²) in [5.74, 6) is -0.891. The third-order valence-electron chi connectivity index (χ3n) is 12.6. The molecule has 0 unspecified atom stereocenters. The summed E-state index contributed by atoms with van der Waals surface area (Å²) in [7, 11) is -6.76. The number of hydrogen-bond acceptors (Lipinski definition) is 10. The average Bonchev–Trinajstić information content (AvgIpc) is 4.28. The lowest BCUT2D eigenvalue weighted by molar-refractivity contribution is -0.119. The second kappa shape index (κ2) is 19.8. The normalized spacial score (nSPS) is 20.1. The highest BCUT2D eigenvalue weighted by molar-refractivity contribution is 9.10. The first kappa shape index (κ1) is 47.9. The van der Waals surface area contributed by atoms with Crippen molar-refractivity contribution in [3.63, 3.8) is 0 Å². The Bertz CT molecular complexity index is 3490. The lowest BCUT2D eigenvalue weighted by Gasteiger charge is -2.29. The molecule has 4 aliphatic rings. The van der Waals surface area contributed by atoms with Crippen molar-refractivity contribution in [3.8, 4) is 11.4 Å². The van der Waals surface area contributed by atoms with E-state index in [0.717, 1.165) is 45.2 Å². The van der Waals surface area contributed by atoms with E-state index in [1.54, 1.807) is 50.7 Å². The molecular weight excluding hydrogens is 1020 g/mol. The molecule has 2 saturated heterocycles. The van der Waals surface area contributed by atoms with Gasteiger partial charge < -0.3 is 10.2 Å². The van der Waals surface area contributed by atoms with Gasteiger partial charge in [-0.15, -0.1) is 10.2 Å². The van der Waals surface area contributed by atoms with Gasteiger partial charge in [0.15, 0.2) is 0 Å². The summed E-state index contributed by atoms with van der Waals surface area (Å²) >= 11 is 3.38. The van der Waals surface area contributed by atoms with E-state index in [1.807, 2.05) is 84.9 Å². The van der Waals surface area contributed by atoms with Gasteiger partial charge in [0, 0.05) is 25.9 Å². The Hall–Kier alpha value is -6.78. The van der Waals surface area contributed by atoms with Crippen molar-refractivity contribution in [1.29, 1.82) is 0 Å². The average molecular weight is 1070 g/mol. The summed E-state index contributed by atoms with van der Waals surface area (Å²) in [5, 5.41) is 18.8. The van der Waals surface area contributed by atoms with E-state index < -0.39 is 32.1 Å². The Morgan fingerprint density at radius 3 is 1.59 bits per heavy atom. The zero-order valence-electron chi connectivity index (χ0n) is 37.6. The smallest absolute Gasteiger partial charge is 0.229 e. The zero-order chi connectivity index (χ0) is 49.4. The maximum atomic E-state index is 13.3. The van der Waals surface area contributed by atoms with Gasteiger partial charge in [-0.25, -0.2) is 44.4 Å². The molecule has 2 aliphatic carbocycles. The van der Waals surface area contributed by atoms with Crippen molar-refractivity contribution in [2.45, 2.75) is 73.2 Å². The minimum atomic E-state index is -3.49. The number of sulfonamides is 2. The number of hydrogen-bond donors (Lipinski definition) is 3. The molecule has 2 aliphatic heterocycles. The fraction of sp³-hybridized carbons (Fsp3) is 0.240. The molecule has 16 nitrogen and oxygen atoms in total. The number of benzene rings is 6. The van der Waals surface area contributed by atoms with E-state index in [0.29, 0.717) is 35.2 Å². The molecule has 21 heteroatoms. The fourth-order valence-corrected chi connectivity index (χ4v) is 12.3. The van der Waals surface area contributed by atoms with Crippen LogP contribution in [0.4, 0.5) is 14.5 Å². The number of carbonyl (C=O) groups is 2. The Kier molecular flexibility index (Phi) is 13.3. The third kappa shape index (κ3) is 10.6. The van der Waals surface area contributed by atoms with Gasteiger partial charge in [0.1, 0.15) is 22.7 Å². The maximum Gasteiger partial charge on any atom is 0.229 e. The van der Waals surface area contributed by atoms with Crippen LogP contribution in [0, 0.1) is 11.6 Å². The van der Waals surface area contributed by atoms with Gasteiger partial charge in [-0.3, -0.25) is 9.59 Å². The van der Waals surface area contributed by atoms with Crippen molar-refractivity contribution in [2.24, 2.45) is 0 Å². The molecule has 3 N–H and O–H groups in total. The molecule has 2 saturated carbocycles. The van der Waals surface area contributed by atoms with Crippen LogP contribution in [0.1, 0.15) is 64.6 Å². The van der Waals surface area contributed by atoms with E-state index in [2.05, 4.69) is 51.3 Å². The molecule has 2 amide bonds. The van der Waals surface area contributed by atoms with Gasteiger partial charge in [-0.1, -0.05) is 87.0 Å². The highest BCUT2D eigenvalue weighted by atomic mass is 79.9. The van der Waals surface area contributed by atoms with E-state index in [4.69, 9.17) is 0 Å². The Labute approximate surface area is 418 Å². The number of carbonyl (C=O) groups excluding carboxylic acids is 2. The van der Waals surface area contributed by atoms with Gasteiger partial charge in [-0.2, -0.15) is 0 Å². The van der Waals surface area contributed by atoms with Crippen molar-refractivity contribution in [3.05, 3.63) is 173 Å². The van der Waals surface area contributed by atoms with E-state index in [9.17, 15) is 35.2 Å². The summed E-state index contributed by atoms with van der Waals surface area (Å²) in [6.07, 6.45) is 3.00. The Morgan fingerprint density at radius 2 is 1.06 bits per heavy atom. The van der Waals surface area contributed by atoms with Gasteiger partial charge in [-0.05, 0) is 122 Å². The lowest BCUT2D eigenvalue weighted by atomic mass is 10.0. The second-order valence-electron chi connectivity index (χ2n) is 17.7. The lowest BCUT2D eigenvalue weighted by Crippen LogP contribution is -2.41. The van der Waals surface area contributed by atoms with E-state index in [1.165, 1.54) is 24.3 Å². The number of halogens is 3. The molecule has 71 heavy (non-hydrogen) atoms. The number of amides is 2. The van der Waals surface area contributed by atoms with Crippen LogP contribution in [0.15, 0.2) is 150 Å². The van der Waals surface area contributed by atoms with Crippen LogP contribution in [-0.2, 0) is 29.6 Å². The predicted molar refractivity (Wildman–Crippen MR) is 271 cm³/mol. The van der Waals surface area contributed by atoms with Crippen LogP contribution in [0.3, 0.4) is 0 Å². The van der Waals surface area contributed by atoms with Crippen molar-refractivity contribution in [2.75, 3.05) is 4.90 Å². The number of nitrogens with zero attached hydrogens (tertiary/aromatic N) is 7. The summed E-state index contributed by atoms with van der Waals surface area (Å²) < 4.78 is 85.3. The predicted octanol–water partition coefficient (Wildman–Crippen LogP) is 8.00. The minimum Gasteiger partial charge on any atom is -0.348 e. The summed E-state index contributed by atoms with van der Waals surface area (Å²) in [6.45, 7) is 0. The van der Waals surface area contributed by atoms with Gasteiger partial charge in [0.25, 0.3) is 0 Å². The molecule has 4 heterocycles. The standard InChI is InChI=1S/C25H22FN5O3S.C13H16N2O3S.C12H7BrFN3.2H2/c26-17-6-8-18(9-7-17)31-23-13-10-19(14-21(23)27-29-31)30-24(32)15-22(28-35(33,34)20-11-12-20)25(30)16-4-2-1-3-5-16;16-12-8-11(15-19(17,18)10-6-7-10)13(14-12)9-4-2-1-3-5-9;13-8-1-6-12-11(7-8)15-16-17(12)10-4-2-9(14)3-5-10;;/h1-10,13-14,20,22,25,28H,11-12,15H2;1-5,10-11,13,15H,6-8H2,(H,14,16);1-7H;2*1H/t22-,25+;11-,13+;;;/m00.../s1. The largest absolute Gasteiger partial charge is 0.348 e. The molecule has 4 atom stereocenters. The quantitative estimate of drug-likeness (QED) is 0.114. The number of rotatable bonds is 11. The SMILES string of the molecule is Fc1ccc(-n2nnc3cc(Br)ccc32)cc1.O=C1C[C@H](NS(=O)(=O)C2CC2)[C@@H](c2ccccc2)N1.O=C1C[C@H](NS(=O)(=O)C2CC2)[C@@H](c2ccccc2)N1c1ccc2c(c1)nnn2-c1ccc(F)cc1.[HH].[HH]. The van der Waals surface area contributed by atoms with Crippen molar-refractivity contribution >= 4 is 75.5 Å². The first-order valence-corrected chi connectivity index (χ1v) is 26.7. The summed E-state index contributed by atoms with van der Waals surface area (Å²) in [6, 6.07) is 40.3. The van der Waals surface area contributed by atoms with Crippen LogP contribution in [0.25, 0.3) is 33.4 Å². The van der Waals surface area contributed by atoms with Gasteiger partial charge >= 0.3 is 0 Å². The topological polar surface area (TPSA) is 203 Å². The number of aromatic nitrogens is 6. The van der Waals surface area contributed by atoms with Gasteiger partial charge in [0.05, 0.1) is 57.1 Å². The highest BCUT2D eigenvalue weighted by Gasteiger charge is 2.46. The summed E-state index contributed by atoms with van der Waals surface area (Å²) in [5.41, 5.74) is 6.78. The molecule has 2 aromatic heterocycles. The van der Waals surface area contributed by atoms with Crippen molar-refractivity contribution < 1.29 is 38.1 Å². The third-order valence-corrected chi connectivity index (χ3v) is 17.0. The van der Waals surface area contributed by atoms with E-state index in [-0.39, 0.29) is 61.7 Å². The van der Waals surface area contributed by atoms with Crippen LogP contribution in [0.2, 0.25) is 0 Å². The van der Waals surface area contributed by atoms with Crippen molar-refractivity contribution in [1.82, 2.24) is 44.7 Å². The monoisotopic (exact) mass is 1070 g/mol. The number of anilines is 1. The zero-order valence-corrected chi connectivity index (χ0v) is 40.8. The Morgan fingerprint density at radius 1 is 0.577 bits per heavy atom. The van der Waals surface area contributed by atoms with Crippen LogP contribution in [-0.4, -0.2) is 81.2 Å². The number of fused-ring (bicyclic) bond motifs is 2. The molecule has 0 radical (unpaired) electrons. The first-order valence-electron chi connectivity index (χ1n) is 22.8. The highest BCUT2D eigenvalue weighted by Crippen LogP contribution is 2.40. The molecule has 368 valence electrons. The van der Waals surface area contributed by atoms with Crippen LogP contribution < -0.4 is 19.7 Å². The first-order chi connectivity index (χ1) is 34.2. The van der Waals surface area contributed by atoms with E-state index >= 15 is 0 Å². The molecule has 6 aromatic carbocycles. The molecule has 4 fully saturated rings. The second-order valence-corrected chi connectivity index (χ2v) is 22.6. The molecular formula is C50H49BrF2N10O6S2. The van der Waals surface area contributed by atoms with Crippen LogP contribution in [0.5, 0.6) is 0 Å². The Balaban J connectivity index is 0.000000158. The van der Waals surface area contributed by atoms with Gasteiger partial charge in [0.2, 0.25) is 31.9 Å². The fourth-order valence-electron chi connectivity index (χ4n) is 8.79. The summed E-state index contributed by atoms with van der Waals surface area (Å²) in [4.78, 5) is 26.5. The molecule has 12 rings (SSSR count). The molecule has 8 aromatic rings. The van der Waals surface area contributed by atoms with Crippen LogP contribution >= 0.6 is 15.9 Å². The number of nitrogens with one attached hydrogen (secondary N) is 3.